The first-order chi connectivity index (χ1) is 7.61. The van der Waals surface area contributed by atoms with Crippen molar-refractivity contribution in [2.24, 2.45) is 5.92 Å². The number of benzene rings is 1. The summed E-state index contributed by atoms with van der Waals surface area (Å²) in [5.74, 6) is 1.41. The van der Waals surface area contributed by atoms with Crippen LogP contribution in [0.1, 0.15) is 32.3 Å². The van der Waals surface area contributed by atoms with E-state index >= 15 is 0 Å². The summed E-state index contributed by atoms with van der Waals surface area (Å²) in [7, 11) is 0. The van der Waals surface area contributed by atoms with E-state index < -0.39 is 0 Å². The van der Waals surface area contributed by atoms with Crippen LogP contribution in [0.4, 0.5) is 0 Å². The maximum Gasteiger partial charge on any atom is 0.311 e. The molecule has 0 aliphatic heterocycles. The predicted octanol–water partition coefficient (Wildman–Crippen LogP) is 3.77. The molecule has 0 atom stereocenters. The van der Waals surface area contributed by atoms with E-state index in [4.69, 9.17) is 16.3 Å². The van der Waals surface area contributed by atoms with Gasteiger partial charge in [0, 0.05) is 12.3 Å². The van der Waals surface area contributed by atoms with Crippen molar-refractivity contribution in [3.8, 4) is 5.75 Å². The second-order valence-electron chi connectivity index (χ2n) is 4.18. The van der Waals surface area contributed by atoms with Crippen LogP contribution in [0.25, 0.3) is 0 Å². The molecule has 3 heteroatoms. The monoisotopic (exact) mass is 240 g/mol. The molecule has 0 aliphatic carbocycles. The highest BCUT2D eigenvalue weighted by molar-refractivity contribution is 6.17. The molecule has 0 spiro atoms. The van der Waals surface area contributed by atoms with Gasteiger partial charge in [0.1, 0.15) is 5.75 Å². The third-order valence-corrected chi connectivity index (χ3v) is 2.54. The number of carbonyl (C=O) groups excluding carboxylic acids is 1. The number of rotatable bonds is 5. The molecule has 0 aliphatic rings. The number of hydrogen-bond acceptors (Lipinski definition) is 2. The van der Waals surface area contributed by atoms with E-state index in [1.807, 2.05) is 12.1 Å². The third-order valence-electron chi connectivity index (χ3n) is 2.24. The van der Waals surface area contributed by atoms with Gasteiger partial charge in [0.15, 0.2) is 0 Å². The lowest BCUT2D eigenvalue weighted by Crippen LogP contribution is -2.08. The summed E-state index contributed by atoms with van der Waals surface area (Å²) in [5.41, 5.74) is 1.02. The molecule has 1 rings (SSSR count). The summed E-state index contributed by atoms with van der Waals surface area (Å²) in [6.07, 6.45) is 1.33. The lowest BCUT2D eigenvalue weighted by atomic mass is 10.1. The Morgan fingerprint density at radius 3 is 2.44 bits per heavy atom. The van der Waals surface area contributed by atoms with Crippen molar-refractivity contribution in [1.82, 2.24) is 0 Å². The van der Waals surface area contributed by atoms with Crippen LogP contribution in [0, 0.1) is 5.92 Å². The molecule has 2 nitrogen and oxygen atoms in total. The molecule has 0 heterocycles. The second kappa shape index (κ2) is 6.54. The first-order valence-electron chi connectivity index (χ1n) is 5.47. The topological polar surface area (TPSA) is 26.3 Å². The molecule has 16 heavy (non-hydrogen) atoms. The summed E-state index contributed by atoms with van der Waals surface area (Å²) in [6, 6.07) is 7.26. The molecule has 0 saturated heterocycles. The van der Waals surface area contributed by atoms with E-state index in [2.05, 4.69) is 13.8 Å². The van der Waals surface area contributed by atoms with E-state index in [1.54, 1.807) is 12.1 Å². The van der Waals surface area contributed by atoms with Crippen LogP contribution in [0.2, 0.25) is 0 Å². The number of ether oxygens (including phenoxy) is 1. The van der Waals surface area contributed by atoms with Gasteiger partial charge in [-0.1, -0.05) is 26.0 Å². The Bertz CT molecular complexity index is 330. The molecule has 1 aromatic carbocycles. The van der Waals surface area contributed by atoms with Crippen molar-refractivity contribution in [3.63, 3.8) is 0 Å². The SMILES string of the molecule is CC(C)CCC(=O)Oc1ccc(CCl)cc1. The third kappa shape index (κ3) is 4.67. The number of alkyl halides is 1. The van der Waals surface area contributed by atoms with Crippen LogP contribution >= 0.6 is 11.6 Å². The van der Waals surface area contributed by atoms with E-state index in [-0.39, 0.29) is 5.97 Å². The van der Waals surface area contributed by atoms with E-state index in [1.165, 1.54) is 0 Å². The summed E-state index contributed by atoms with van der Waals surface area (Å²) in [4.78, 5) is 11.4. The van der Waals surface area contributed by atoms with Crippen LogP contribution in [-0.2, 0) is 10.7 Å². The first kappa shape index (κ1) is 13.0. The van der Waals surface area contributed by atoms with Crippen molar-refractivity contribution < 1.29 is 9.53 Å². The highest BCUT2D eigenvalue weighted by atomic mass is 35.5. The Morgan fingerprint density at radius 2 is 1.94 bits per heavy atom. The van der Waals surface area contributed by atoms with Gasteiger partial charge in [-0.25, -0.2) is 0 Å². The van der Waals surface area contributed by atoms with Crippen LogP contribution in [0.3, 0.4) is 0 Å². The molecule has 0 unspecified atom stereocenters. The van der Waals surface area contributed by atoms with Crippen LogP contribution in [0.15, 0.2) is 24.3 Å². The second-order valence-corrected chi connectivity index (χ2v) is 4.45. The fraction of sp³-hybridized carbons (Fsp3) is 0.462. The van der Waals surface area contributed by atoms with Crippen molar-refractivity contribution >= 4 is 17.6 Å². The predicted molar refractivity (Wildman–Crippen MR) is 65.7 cm³/mol. The van der Waals surface area contributed by atoms with Crippen LogP contribution in [0.5, 0.6) is 5.75 Å². The largest absolute Gasteiger partial charge is 0.427 e. The molecule has 0 bridgehead atoms. The molecule has 0 amide bonds. The first-order valence-corrected chi connectivity index (χ1v) is 6.01. The zero-order valence-corrected chi connectivity index (χ0v) is 10.5. The van der Waals surface area contributed by atoms with Gasteiger partial charge >= 0.3 is 5.97 Å². The van der Waals surface area contributed by atoms with Gasteiger partial charge in [-0.05, 0) is 30.0 Å². The average Bonchev–Trinajstić information content (AvgIpc) is 2.27. The zero-order valence-electron chi connectivity index (χ0n) is 9.70. The Kier molecular flexibility index (Phi) is 5.33. The fourth-order valence-electron chi connectivity index (χ4n) is 1.24. The van der Waals surface area contributed by atoms with E-state index in [9.17, 15) is 4.79 Å². The van der Waals surface area contributed by atoms with Gasteiger partial charge in [0.25, 0.3) is 0 Å². The molecule has 0 radical (unpaired) electrons. The minimum Gasteiger partial charge on any atom is -0.427 e. The Balaban J connectivity index is 2.43. The Labute approximate surface area is 102 Å². The minimum absolute atomic E-state index is 0.174. The molecule has 88 valence electrons. The quantitative estimate of drug-likeness (QED) is 0.445. The van der Waals surface area contributed by atoms with Crippen LogP contribution in [-0.4, -0.2) is 5.97 Å². The van der Waals surface area contributed by atoms with Gasteiger partial charge < -0.3 is 4.74 Å². The summed E-state index contributed by atoms with van der Waals surface area (Å²) in [5, 5.41) is 0. The summed E-state index contributed by atoms with van der Waals surface area (Å²) < 4.78 is 5.18. The fourth-order valence-corrected chi connectivity index (χ4v) is 1.41. The number of halogens is 1. The van der Waals surface area contributed by atoms with Gasteiger partial charge in [-0.15, -0.1) is 11.6 Å². The summed E-state index contributed by atoms with van der Waals surface area (Å²) >= 11 is 5.66. The number of carbonyl (C=O) groups is 1. The summed E-state index contributed by atoms with van der Waals surface area (Å²) in [6.45, 7) is 4.17. The van der Waals surface area contributed by atoms with Gasteiger partial charge in [0.2, 0.25) is 0 Å². The lowest BCUT2D eigenvalue weighted by molar-refractivity contribution is -0.134. The maximum atomic E-state index is 11.4. The smallest absolute Gasteiger partial charge is 0.311 e. The van der Waals surface area contributed by atoms with Crippen molar-refractivity contribution in [2.45, 2.75) is 32.6 Å². The van der Waals surface area contributed by atoms with E-state index in [0.717, 1.165) is 12.0 Å². The van der Waals surface area contributed by atoms with Gasteiger partial charge in [-0.3, -0.25) is 4.79 Å². The molecule has 0 saturated carbocycles. The molecule has 0 aromatic heterocycles. The molecular weight excluding hydrogens is 224 g/mol. The zero-order chi connectivity index (χ0) is 12.0. The Morgan fingerprint density at radius 1 is 1.31 bits per heavy atom. The van der Waals surface area contributed by atoms with Gasteiger partial charge in [-0.2, -0.15) is 0 Å². The van der Waals surface area contributed by atoms with Crippen molar-refractivity contribution in [2.75, 3.05) is 0 Å². The minimum atomic E-state index is -0.174. The maximum absolute atomic E-state index is 11.4. The highest BCUT2D eigenvalue weighted by Crippen LogP contribution is 2.15. The molecule has 1 aromatic rings. The number of hydrogen-bond donors (Lipinski definition) is 0. The number of esters is 1. The standard InChI is InChI=1S/C13H17ClO2/c1-10(2)3-8-13(15)16-12-6-4-11(9-14)5-7-12/h4-7,10H,3,8-9H2,1-2H3. The van der Waals surface area contributed by atoms with Gasteiger partial charge in [0.05, 0.1) is 0 Å². The normalized spacial score (nSPS) is 10.5. The lowest BCUT2D eigenvalue weighted by Gasteiger charge is -2.06. The van der Waals surface area contributed by atoms with Crippen LogP contribution < -0.4 is 4.74 Å². The van der Waals surface area contributed by atoms with E-state index in [0.29, 0.717) is 24.0 Å². The molecular formula is C13H17ClO2. The molecule has 0 fully saturated rings. The van der Waals surface area contributed by atoms with Crippen molar-refractivity contribution in [3.05, 3.63) is 29.8 Å². The van der Waals surface area contributed by atoms with Crippen molar-refractivity contribution in [1.29, 1.82) is 0 Å². The average molecular weight is 241 g/mol. The molecule has 0 N–H and O–H groups in total. The Hall–Kier alpha value is -1.02. The highest BCUT2D eigenvalue weighted by Gasteiger charge is 2.06.